The van der Waals surface area contributed by atoms with Gasteiger partial charge in [0.25, 0.3) is 0 Å². The summed E-state index contributed by atoms with van der Waals surface area (Å²) in [4.78, 5) is 5.09. The maximum Gasteiger partial charge on any atom is 0.0466 e. The summed E-state index contributed by atoms with van der Waals surface area (Å²) in [7, 11) is 0. The lowest BCUT2D eigenvalue weighted by Crippen LogP contribution is -2.30. The highest BCUT2D eigenvalue weighted by Crippen LogP contribution is 2.62. The summed E-state index contributed by atoms with van der Waals surface area (Å²) < 4.78 is 0. The summed E-state index contributed by atoms with van der Waals surface area (Å²) in [6.07, 6.45) is 0.841. The minimum Gasteiger partial charge on any atom is -0.310 e. The summed E-state index contributed by atoms with van der Waals surface area (Å²) in [5.41, 5.74) is 33.4. The van der Waals surface area contributed by atoms with E-state index < -0.39 is 10.8 Å². The second kappa shape index (κ2) is 19.1. The molecule has 0 amide bonds. The molecule has 0 heterocycles. The van der Waals surface area contributed by atoms with E-state index in [9.17, 15) is 0 Å². The SMILES string of the molecule is CC1(C)c2ccccc2-c2ccc(N(c3ccc(C4(C)CC(c5ccccc5)(c5ccccc5)c5ccc(N(c6ccc7c(c6)C(C)(C)c6ccccc6-7)c6ccc7c(c6)C(C)(C)c6ccccc6-7)cc54)cc3)c3ccc4c(c3)C(C)(C)c3ccccc3-4)cc21. The van der Waals surface area contributed by atoms with Crippen molar-refractivity contribution in [1.82, 2.24) is 0 Å². The van der Waals surface area contributed by atoms with Crippen LogP contribution in [0.3, 0.4) is 0 Å². The van der Waals surface area contributed by atoms with Crippen molar-refractivity contribution in [3.05, 3.63) is 345 Å². The number of hydrogen-bond donors (Lipinski definition) is 0. The molecule has 2 nitrogen and oxygen atoms in total. The van der Waals surface area contributed by atoms with E-state index in [4.69, 9.17) is 0 Å². The molecule has 0 saturated heterocycles. The largest absolute Gasteiger partial charge is 0.310 e. The number of rotatable bonds is 9. The molecule has 0 N–H and O–H groups in total. The van der Waals surface area contributed by atoms with E-state index in [-0.39, 0.29) is 21.7 Å². The van der Waals surface area contributed by atoms with E-state index in [0.717, 1.165) is 40.5 Å². The topological polar surface area (TPSA) is 6.48 Å². The monoisotopic (exact) mass is 1160 g/mol. The smallest absolute Gasteiger partial charge is 0.0466 e. The molecular formula is C88H74N2. The molecule has 0 bridgehead atoms. The highest BCUT2D eigenvalue weighted by Gasteiger charge is 2.53. The average molecular weight is 1160 g/mol. The third-order valence-corrected chi connectivity index (χ3v) is 22.5. The molecule has 0 aromatic heterocycles. The average Bonchev–Trinajstić information content (AvgIpc) is 1.57. The van der Waals surface area contributed by atoms with Gasteiger partial charge in [0.2, 0.25) is 0 Å². The molecular weight excluding hydrogens is 1080 g/mol. The van der Waals surface area contributed by atoms with E-state index in [1.807, 2.05) is 0 Å². The van der Waals surface area contributed by atoms with Gasteiger partial charge in [-0.05, 0) is 196 Å². The molecule has 1 unspecified atom stereocenters. The Morgan fingerprint density at radius 2 is 0.478 bits per heavy atom. The van der Waals surface area contributed by atoms with Crippen LogP contribution in [0, 0.1) is 0 Å². The minimum atomic E-state index is -0.461. The predicted octanol–water partition coefficient (Wildman–Crippen LogP) is 22.9. The van der Waals surface area contributed by atoms with Crippen molar-refractivity contribution in [2.45, 2.75) is 101 Å². The Balaban J connectivity index is 0.858. The Bertz CT molecular complexity index is 4690. The van der Waals surface area contributed by atoms with E-state index in [2.05, 4.69) is 345 Å². The lowest BCUT2D eigenvalue weighted by molar-refractivity contribution is 0.473. The molecule has 0 aliphatic heterocycles. The fourth-order valence-corrected chi connectivity index (χ4v) is 17.8. The number of nitrogens with zero attached hydrogens (tertiary/aromatic N) is 2. The number of benzene rings is 12. The first-order valence-electron chi connectivity index (χ1n) is 32.4. The van der Waals surface area contributed by atoms with Crippen LogP contribution >= 0.6 is 0 Å². The minimum absolute atomic E-state index is 0.159. The Kier molecular flexibility index (Phi) is 11.6. The van der Waals surface area contributed by atoms with Gasteiger partial charge in [-0.2, -0.15) is 0 Å². The van der Waals surface area contributed by atoms with E-state index in [0.29, 0.717) is 0 Å². The van der Waals surface area contributed by atoms with Gasteiger partial charge in [0, 0.05) is 66.6 Å². The summed E-state index contributed by atoms with van der Waals surface area (Å²) in [5, 5.41) is 0. The molecule has 17 rings (SSSR count). The molecule has 436 valence electrons. The molecule has 0 radical (unpaired) electrons. The summed E-state index contributed by atoms with van der Waals surface area (Å²) in [5.74, 6) is 0. The van der Waals surface area contributed by atoms with E-state index >= 15 is 0 Å². The first-order valence-corrected chi connectivity index (χ1v) is 32.4. The van der Waals surface area contributed by atoms with Gasteiger partial charge in [0.05, 0.1) is 0 Å². The van der Waals surface area contributed by atoms with Crippen molar-refractivity contribution in [2.75, 3.05) is 9.80 Å². The predicted molar refractivity (Wildman–Crippen MR) is 376 cm³/mol. The normalized spacial score (nSPS) is 17.8. The number of hydrogen-bond acceptors (Lipinski definition) is 2. The van der Waals surface area contributed by atoms with Crippen molar-refractivity contribution in [2.24, 2.45) is 0 Å². The van der Waals surface area contributed by atoms with Crippen LogP contribution in [-0.2, 0) is 32.5 Å². The van der Waals surface area contributed by atoms with Crippen LogP contribution < -0.4 is 9.80 Å². The molecule has 0 fully saturated rings. The van der Waals surface area contributed by atoms with Gasteiger partial charge in [-0.25, -0.2) is 0 Å². The van der Waals surface area contributed by atoms with Crippen LogP contribution in [0.15, 0.2) is 273 Å². The molecule has 2 heteroatoms. The van der Waals surface area contributed by atoms with Crippen molar-refractivity contribution < 1.29 is 0 Å². The molecule has 90 heavy (non-hydrogen) atoms. The van der Waals surface area contributed by atoms with Crippen LogP contribution in [0.25, 0.3) is 44.5 Å². The second-order valence-corrected chi connectivity index (χ2v) is 28.7. The lowest BCUT2D eigenvalue weighted by Gasteiger charge is -2.35. The van der Waals surface area contributed by atoms with Crippen molar-refractivity contribution in [3.63, 3.8) is 0 Å². The zero-order valence-electron chi connectivity index (χ0n) is 53.1. The maximum atomic E-state index is 2.58. The Labute approximate surface area is 531 Å². The van der Waals surface area contributed by atoms with Gasteiger partial charge in [-0.15, -0.1) is 0 Å². The molecule has 0 saturated carbocycles. The van der Waals surface area contributed by atoms with Crippen LogP contribution in [-0.4, -0.2) is 0 Å². The van der Waals surface area contributed by atoms with Gasteiger partial charge in [0.1, 0.15) is 0 Å². The first-order chi connectivity index (χ1) is 43.5. The fraction of sp³-hybridized carbons (Fsp3) is 0.182. The van der Waals surface area contributed by atoms with Crippen LogP contribution in [0.1, 0.15) is 141 Å². The highest BCUT2D eigenvalue weighted by atomic mass is 15.1. The Hall–Kier alpha value is -9.76. The number of fused-ring (bicyclic) bond motifs is 13. The molecule has 5 aliphatic rings. The summed E-state index contributed by atoms with van der Waals surface area (Å²) in [6, 6.07) is 105. The standard InChI is InChI=1S/C88H74N2/c1-83(2)73-32-20-16-28-65(73)69-45-40-60(50-78(69)83)89(61-41-46-70-66-29-17-21-33-74(66)84(3,4)79(70)51-61)59-38-36-56(37-39-59)87(9)55-88(57-24-12-10-13-25-57,58-26-14-11-15-27-58)77-49-44-64(54-82(77)87)90(62-42-47-71-67-30-18-22-34-75(67)85(5,6)80(71)52-62)63-43-48-72-68-31-19-23-35-76(68)86(7,8)81(72)53-63/h10-54H,55H2,1-9H3. The number of anilines is 6. The van der Waals surface area contributed by atoms with Gasteiger partial charge in [0.15, 0.2) is 0 Å². The molecule has 0 spiro atoms. The van der Waals surface area contributed by atoms with Crippen LogP contribution in [0.2, 0.25) is 0 Å². The molecule has 12 aromatic carbocycles. The van der Waals surface area contributed by atoms with Crippen molar-refractivity contribution >= 4 is 34.1 Å². The summed E-state index contributed by atoms with van der Waals surface area (Å²) in [6.45, 7) is 21.7. The molecule has 5 aliphatic carbocycles. The highest BCUT2D eigenvalue weighted by molar-refractivity contribution is 5.91. The van der Waals surface area contributed by atoms with Crippen LogP contribution in [0.5, 0.6) is 0 Å². The van der Waals surface area contributed by atoms with Crippen LogP contribution in [0.4, 0.5) is 34.1 Å². The quantitative estimate of drug-likeness (QED) is 0.142. The molecule has 1 atom stereocenters. The van der Waals surface area contributed by atoms with Gasteiger partial charge >= 0.3 is 0 Å². The zero-order chi connectivity index (χ0) is 61.3. The van der Waals surface area contributed by atoms with Gasteiger partial charge < -0.3 is 9.80 Å². The maximum absolute atomic E-state index is 2.58. The van der Waals surface area contributed by atoms with Gasteiger partial charge in [-0.1, -0.05) is 263 Å². The zero-order valence-corrected chi connectivity index (χ0v) is 53.1. The van der Waals surface area contributed by atoms with Crippen molar-refractivity contribution in [1.29, 1.82) is 0 Å². The van der Waals surface area contributed by atoms with Crippen molar-refractivity contribution in [3.8, 4) is 44.5 Å². The third-order valence-electron chi connectivity index (χ3n) is 22.5. The van der Waals surface area contributed by atoms with E-state index in [1.165, 1.54) is 117 Å². The lowest BCUT2D eigenvalue weighted by atomic mass is 9.67. The fourth-order valence-electron chi connectivity index (χ4n) is 17.8. The first kappa shape index (κ1) is 54.4. The molecule has 12 aromatic rings. The Morgan fingerprint density at radius 1 is 0.211 bits per heavy atom. The summed E-state index contributed by atoms with van der Waals surface area (Å²) >= 11 is 0. The Morgan fingerprint density at radius 3 is 0.822 bits per heavy atom. The van der Waals surface area contributed by atoms with E-state index in [1.54, 1.807) is 0 Å². The second-order valence-electron chi connectivity index (χ2n) is 28.7. The third kappa shape index (κ3) is 7.51. The van der Waals surface area contributed by atoms with Gasteiger partial charge in [-0.3, -0.25) is 0 Å².